The van der Waals surface area contributed by atoms with Gasteiger partial charge in [-0.05, 0) is 26.0 Å². The minimum Gasteiger partial charge on any atom is -0.497 e. The molecule has 0 aliphatic heterocycles. The maximum absolute atomic E-state index is 5.46. The minimum atomic E-state index is 0.630. The van der Waals surface area contributed by atoms with Crippen LogP contribution < -0.4 is 16.0 Å². The molecule has 0 saturated carbocycles. The highest BCUT2D eigenvalue weighted by atomic mass is 16.5. The summed E-state index contributed by atoms with van der Waals surface area (Å²) in [4.78, 5) is 8.86. The van der Waals surface area contributed by atoms with Crippen molar-refractivity contribution in [2.75, 3.05) is 12.5 Å². The molecular formula is C13H16N4O. The molecule has 0 aliphatic rings. The summed E-state index contributed by atoms with van der Waals surface area (Å²) in [5, 5.41) is 0. The van der Waals surface area contributed by atoms with Gasteiger partial charge in [-0.15, -0.1) is 0 Å². The Labute approximate surface area is 106 Å². The van der Waals surface area contributed by atoms with Gasteiger partial charge in [-0.25, -0.2) is 15.8 Å². The lowest BCUT2D eigenvalue weighted by molar-refractivity contribution is 0.415. The van der Waals surface area contributed by atoms with Crippen LogP contribution in [0.1, 0.15) is 11.3 Å². The molecule has 0 bridgehead atoms. The number of hydrazine groups is 1. The van der Waals surface area contributed by atoms with Crippen LogP contribution in [0.4, 0.5) is 5.82 Å². The van der Waals surface area contributed by atoms with Crippen LogP contribution >= 0.6 is 0 Å². The van der Waals surface area contributed by atoms with E-state index in [2.05, 4.69) is 15.4 Å². The molecule has 5 heteroatoms. The van der Waals surface area contributed by atoms with Gasteiger partial charge in [0.05, 0.1) is 7.11 Å². The van der Waals surface area contributed by atoms with Crippen molar-refractivity contribution in [3.05, 3.63) is 35.5 Å². The fraction of sp³-hybridized carbons (Fsp3) is 0.231. The van der Waals surface area contributed by atoms with Crippen LogP contribution in [-0.4, -0.2) is 17.1 Å². The maximum Gasteiger partial charge on any atom is 0.161 e. The largest absolute Gasteiger partial charge is 0.497 e. The molecule has 0 fully saturated rings. The molecule has 1 heterocycles. The lowest BCUT2D eigenvalue weighted by atomic mass is 10.1. The van der Waals surface area contributed by atoms with Gasteiger partial charge in [0.1, 0.15) is 11.6 Å². The summed E-state index contributed by atoms with van der Waals surface area (Å²) in [6.07, 6.45) is 0. The molecule has 0 unspecified atom stereocenters. The smallest absolute Gasteiger partial charge is 0.161 e. The molecule has 0 radical (unpaired) electrons. The summed E-state index contributed by atoms with van der Waals surface area (Å²) in [6, 6.07) is 7.62. The van der Waals surface area contributed by atoms with Crippen molar-refractivity contribution < 1.29 is 4.74 Å². The normalized spacial score (nSPS) is 10.2. The first-order valence-corrected chi connectivity index (χ1v) is 5.62. The van der Waals surface area contributed by atoms with Gasteiger partial charge in [0.2, 0.25) is 0 Å². The van der Waals surface area contributed by atoms with Gasteiger partial charge in [0.25, 0.3) is 0 Å². The van der Waals surface area contributed by atoms with Crippen LogP contribution in [0.25, 0.3) is 11.4 Å². The zero-order valence-corrected chi connectivity index (χ0v) is 10.7. The third-order valence-corrected chi connectivity index (χ3v) is 2.85. The van der Waals surface area contributed by atoms with Crippen LogP contribution in [-0.2, 0) is 0 Å². The number of anilines is 1. The highest BCUT2D eigenvalue weighted by Crippen LogP contribution is 2.24. The van der Waals surface area contributed by atoms with Crippen molar-refractivity contribution in [3.63, 3.8) is 0 Å². The lowest BCUT2D eigenvalue weighted by Gasteiger charge is -2.10. The molecular weight excluding hydrogens is 228 g/mol. The van der Waals surface area contributed by atoms with E-state index in [0.29, 0.717) is 11.6 Å². The maximum atomic E-state index is 5.46. The molecule has 0 spiro atoms. The van der Waals surface area contributed by atoms with E-state index in [1.54, 1.807) is 7.11 Å². The number of rotatable bonds is 3. The zero-order valence-electron chi connectivity index (χ0n) is 10.7. The number of hydrogen-bond donors (Lipinski definition) is 2. The fourth-order valence-corrected chi connectivity index (χ4v) is 1.66. The van der Waals surface area contributed by atoms with Gasteiger partial charge < -0.3 is 10.2 Å². The van der Waals surface area contributed by atoms with Crippen molar-refractivity contribution in [1.82, 2.24) is 9.97 Å². The summed E-state index contributed by atoms with van der Waals surface area (Å²) in [5.74, 6) is 7.50. The van der Waals surface area contributed by atoms with Gasteiger partial charge in [0.15, 0.2) is 5.82 Å². The van der Waals surface area contributed by atoms with Gasteiger partial charge in [0, 0.05) is 16.8 Å². The predicted octanol–water partition coefficient (Wildman–Crippen LogP) is 2.05. The SMILES string of the molecule is COc1cccc(-c2nc(C)c(C)c(NN)n2)c1. The van der Waals surface area contributed by atoms with Crippen LogP contribution in [0.15, 0.2) is 24.3 Å². The van der Waals surface area contributed by atoms with Gasteiger partial charge in [-0.1, -0.05) is 12.1 Å². The highest BCUT2D eigenvalue weighted by molar-refractivity contribution is 5.61. The lowest BCUT2D eigenvalue weighted by Crippen LogP contribution is -2.12. The van der Waals surface area contributed by atoms with E-state index in [9.17, 15) is 0 Å². The standard InChI is InChI=1S/C13H16N4O/c1-8-9(2)15-13(16-12(8)17-14)10-5-4-6-11(7-10)18-3/h4-7H,14H2,1-3H3,(H,15,16,17). The van der Waals surface area contributed by atoms with Gasteiger partial charge in [-0.2, -0.15) is 0 Å². The molecule has 3 N–H and O–H groups in total. The number of ether oxygens (including phenoxy) is 1. The topological polar surface area (TPSA) is 73.1 Å². The zero-order chi connectivity index (χ0) is 13.1. The Morgan fingerprint density at radius 1 is 1.22 bits per heavy atom. The average molecular weight is 244 g/mol. The number of nitrogen functional groups attached to an aromatic ring is 1. The van der Waals surface area contributed by atoms with E-state index in [1.807, 2.05) is 38.1 Å². The molecule has 5 nitrogen and oxygen atoms in total. The van der Waals surface area contributed by atoms with E-state index in [0.717, 1.165) is 22.6 Å². The monoisotopic (exact) mass is 244 g/mol. The van der Waals surface area contributed by atoms with E-state index >= 15 is 0 Å². The van der Waals surface area contributed by atoms with Crippen molar-refractivity contribution in [2.45, 2.75) is 13.8 Å². The Hall–Kier alpha value is -2.14. The van der Waals surface area contributed by atoms with E-state index in [1.165, 1.54) is 0 Å². The van der Waals surface area contributed by atoms with Crippen molar-refractivity contribution >= 4 is 5.82 Å². The van der Waals surface area contributed by atoms with Crippen LogP contribution in [0, 0.1) is 13.8 Å². The Morgan fingerprint density at radius 2 is 2.00 bits per heavy atom. The Bertz CT molecular complexity index is 569. The molecule has 2 rings (SSSR count). The minimum absolute atomic E-state index is 0.630. The first-order valence-electron chi connectivity index (χ1n) is 5.62. The summed E-state index contributed by atoms with van der Waals surface area (Å²) in [7, 11) is 1.63. The predicted molar refractivity (Wildman–Crippen MR) is 71.3 cm³/mol. The summed E-state index contributed by atoms with van der Waals surface area (Å²) in [5.41, 5.74) is 5.34. The molecule has 1 aromatic heterocycles. The van der Waals surface area contributed by atoms with E-state index in [4.69, 9.17) is 10.6 Å². The van der Waals surface area contributed by atoms with E-state index in [-0.39, 0.29) is 0 Å². The Balaban J connectivity index is 2.53. The summed E-state index contributed by atoms with van der Waals surface area (Å²) >= 11 is 0. The third-order valence-electron chi connectivity index (χ3n) is 2.85. The fourth-order valence-electron chi connectivity index (χ4n) is 1.66. The second kappa shape index (κ2) is 5.01. The Morgan fingerprint density at radius 3 is 2.67 bits per heavy atom. The van der Waals surface area contributed by atoms with Crippen LogP contribution in [0.5, 0.6) is 5.75 Å². The molecule has 0 atom stereocenters. The molecule has 2 aromatic rings. The summed E-state index contributed by atoms with van der Waals surface area (Å²) < 4.78 is 5.19. The first-order chi connectivity index (χ1) is 8.65. The van der Waals surface area contributed by atoms with Crippen LogP contribution in [0.3, 0.4) is 0 Å². The average Bonchev–Trinajstić information content (AvgIpc) is 2.41. The van der Waals surface area contributed by atoms with Crippen LogP contribution in [0.2, 0.25) is 0 Å². The number of benzene rings is 1. The molecule has 1 aromatic carbocycles. The molecule has 0 saturated heterocycles. The first kappa shape index (κ1) is 12.3. The number of nitrogens with two attached hydrogens (primary N) is 1. The Kier molecular flexibility index (Phi) is 3.43. The third kappa shape index (κ3) is 2.26. The number of nitrogens with one attached hydrogen (secondary N) is 1. The molecule has 94 valence electrons. The van der Waals surface area contributed by atoms with Crippen molar-refractivity contribution in [2.24, 2.45) is 5.84 Å². The highest BCUT2D eigenvalue weighted by Gasteiger charge is 2.09. The van der Waals surface area contributed by atoms with Gasteiger partial charge in [-0.3, -0.25) is 0 Å². The number of aromatic nitrogens is 2. The number of aryl methyl sites for hydroxylation is 1. The number of hydrogen-bond acceptors (Lipinski definition) is 5. The molecule has 0 aliphatic carbocycles. The number of methoxy groups -OCH3 is 1. The second-order valence-corrected chi connectivity index (χ2v) is 3.98. The van der Waals surface area contributed by atoms with Crippen molar-refractivity contribution in [3.8, 4) is 17.1 Å². The summed E-state index contributed by atoms with van der Waals surface area (Å²) in [6.45, 7) is 3.86. The quantitative estimate of drug-likeness (QED) is 0.638. The number of nitrogens with zero attached hydrogens (tertiary/aromatic N) is 2. The molecule has 0 amide bonds. The second-order valence-electron chi connectivity index (χ2n) is 3.98. The van der Waals surface area contributed by atoms with E-state index < -0.39 is 0 Å². The van der Waals surface area contributed by atoms with Gasteiger partial charge >= 0.3 is 0 Å². The van der Waals surface area contributed by atoms with Crippen molar-refractivity contribution in [1.29, 1.82) is 0 Å². The molecule has 18 heavy (non-hydrogen) atoms.